The third kappa shape index (κ3) is 7.82. The number of nitriles is 1. The molecule has 1 aromatic heterocycles. The average molecular weight is 469 g/mol. The van der Waals surface area contributed by atoms with Gasteiger partial charge in [0.2, 0.25) is 5.91 Å². The highest BCUT2D eigenvalue weighted by atomic mass is 16.5. The Morgan fingerprint density at radius 1 is 1.17 bits per heavy atom. The highest BCUT2D eigenvalue weighted by molar-refractivity contribution is 6.43. The second-order valence-corrected chi connectivity index (χ2v) is 8.28. The Bertz CT molecular complexity index is 1220. The normalized spacial score (nSPS) is 11.9. The summed E-state index contributed by atoms with van der Waals surface area (Å²) in [6.07, 6.45) is 3.71. The molecule has 7 nitrogen and oxygen atoms in total. The van der Waals surface area contributed by atoms with Gasteiger partial charge in [0.1, 0.15) is 11.8 Å². The van der Waals surface area contributed by atoms with Gasteiger partial charge in [-0.2, -0.15) is 5.26 Å². The molecule has 0 saturated heterocycles. The molecule has 0 radical (unpaired) electrons. The van der Waals surface area contributed by atoms with Gasteiger partial charge in [-0.25, -0.2) is 0 Å². The molecule has 3 N–H and O–H groups in total. The quantitative estimate of drug-likeness (QED) is 0.310. The van der Waals surface area contributed by atoms with Crippen molar-refractivity contribution in [3.8, 4) is 11.8 Å². The van der Waals surface area contributed by atoms with Gasteiger partial charge in [0.05, 0.1) is 30.2 Å². The Morgan fingerprint density at radius 3 is 2.69 bits per heavy atom. The van der Waals surface area contributed by atoms with Crippen molar-refractivity contribution in [2.24, 2.45) is 0 Å². The van der Waals surface area contributed by atoms with Gasteiger partial charge in [0.25, 0.3) is 0 Å². The maximum Gasteiger partial charge on any atom is 0.475 e. The fourth-order valence-corrected chi connectivity index (χ4v) is 3.63. The Labute approximate surface area is 205 Å². The van der Waals surface area contributed by atoms with Crippen LogP contribution in [0.1, 0.15) is 34.4 Å². The number of nitrogens with one attached hydrogen (secondary N) is 1. The molecule has 2 aromatic carbocycles. The number of hydrogen-bond acceptors (Lipinski definition) is 6. The van der Waals surface area contributed by atoms with Crippen molar-refractivity contribution in [3.05, 3.63) is 94.8 Å². The number of rotatable bonds is 10. The minimum atomic E-state index is -1.68. The lowest BCUT2D eigenvalue weighted by Crippen LogP contribution is -2.48. The van der Waals surface area contributed by atoms with Crippen molar-refractivity contribution in [1.29, 1.82) is 5.26 Å². The Balaban J connectivity index is 1.56. The van der Waals surface area contributed by atoms with Crippen LogP contribution in [0.5, 0.6) is 5.75 Å². The summed E-state index contributed by atoms with van der Waals surface area (Å²) < 4.78 is 5.72. The molecule has 0 aliphatic heterocycles. The second kappa shape index (κ2) is 12.5. The number of nitrogens with zero attached hydrogens (tertiary/aromatic N) is 2. The number of aromatic nitrogens is 1. The van der Waals surface area contributed by atoms with Gasteiger partial charge in [-0.1, -0.05) is 42.0 Å². The molecule has 178 valence electrons. The zero-order valence-corrected chi connectivity index (χ0v) is 19.8. The third-order valence-electron chi connectivity index (χ3n) is 5.47. The van der Waals surface area contributed by atoms with E-state index >= 15 is 0 Å². The molecule has 0 aliphatic carbocycles. The van der Waals surface area contributed by atoms with Gasteiger partial charge in [-0.3, -0.25) is 9.78 Å². The molecule has 35 heavy (non-hydrogen) atoms. The van der Waals surface area contributed by atoms with Crippen LogP contribution in [0, 0.1) is 25.2 Å². The topological polar surface area (TPSA) is 115 Å². The summed E-state index contributed by atoms with van der Waals surface area (Å²) in [7, 11) is -1.68. The first-order valence-electron chi connectivity index (χ1n) is 11.3. The zero-order valence-electron chi connectivity index (χ0n) is 19.8. The van der Waals surface area contributed by atoms with Crippen LogP contribution in [0.3, 0.4) is 0 Å². The molecule has 3 rings (SSSR count). The maximum atomic E-state index is 12.4. The SMILES string of the molecule is Cc1ccc(C[C@H](NC(=O)CCOc2cccc(C=C(C#N)c3ccccn3)c2)B(O)O)c(C)c1. The van der Waals surface area contributed by atoms with Crippen LogP contribution in [0.25, 0.3) is 11.6 Å². The van der Waals surface area contributed by atoms with Gasteiger partial charge >= 0.3 is 7.12 Å². The van der Waals surface area contributed by atoms with Crippen LogP contribution in [0.2, 0.25) is 0 Å². The Morgan fingerprint density at radius 2 is 2.00 bits per heavy atom. The van der Waals surface area contributed by atoms with Gasteiger partial charge < -0.3 is 20.1 Å². The van der Waals surface area contributed by atoms with Gasteiger partial charge in [0.15, 0.2) is 0 Å². The Kier molecular flexibility index (Phi) is 9.19. The zero-order chi connectivity index (χ0) is 25.2. The summed E-state index contributed by atoms with van der Waals surface area (Å²) in [5.74, 6) is -0.613. The molecular formula is C27H28BN3O4. The maximum absolute atomic E-state index is 12.4. The van der Waals surface area contributed by atoms with Gasteiger partial charge in [-0.15, -0.1) is 0 Å². The van der Waals surface area contributed by atoms with Crippen molar-refractivity contribution in [2.75, 3.05) is 6.61 Å². The van der Waals surface area contributed by atoms with Crippen LogP contribution in [-0.4, -0.2) is 40.6 Å². The fraction of sp³-hybridized carbons (Fsp3) is 0.222. The average Bonchev–Trinajstić information content (AvgIpc) is 2.84. The number of benzene rings is 2. The number of carbonyl (C=O) groups is 1. The molecule has 1 amide bonds. The second-order valence-electron chi connectivity index (χ2n) is 8.28. The fourth-order valence-electron chi connectivity index (χ4n) is 3.63. The van der Waals surface area contributed by atoms with Crippen molar-refractivity contribution in [1.82, 2.24) is 10.3 Å². The smallest absolute Gasteiger partial charge is 0.475 e. The molecule has 0 fully saturated rings. The third-order valence-corrected chi connectivity index (χ3v) is 5.47. The number of pyridine rings is 1. The van der Waals surface area contributed by atoms with Crippen molar-refractivity contribution >= 4 is 24.7 Å². The molecule has 1 heterocycles. The monoisotopic (exact) mass is 469 g/mol. The minimum Gasteiger partial charge on any atom is -0.493 e. The number of allylic oxidation sites excluding steroid dienone is 1. The standard InChI is InChI=1S/C27H28BN3O4/c1-19-9-10-22(20(2)14-19)17-26(28(33)34)31-27(32)11-13-35-24-7-5-6-21(16-24)15-23(18-29)25-8-3-4-12-30-25/h3-10,12,14-16,26,33-34H,11,13,17H2,1-2H3,(H,31,32)/t26-/m0/s1. The van der Waals surface area contributed by atoms with E-state index in [0.29, 0.717) is 23.4 Å². The summed E-state index contributed by atoms with van der Waals surface area (Å²) >= 11 is 0. The van der Waals surface area contributed by atoms with Crippen LogP contribution >= 0.6 is 0 Å². The number of hydrogen-bond donors (Lipinski definition) is 3. The lowest BCUT2D eigenvalue weighted by atomic mass is 9.75. The molecular weight excluding hydrogens is 441 g/mol. The number of carbonyl (C=O) groups excluding carboxylic acids is 1. The van der Waals surface area contributed by atoms with Crippen LogP contribution < -0.4 is 10.1 Å². The predicted molar refractivity (Wildman–Crippen MR) is 136 cm³/mol. The Hall–Kier alpha value is -3.93. The molecule has 3 aromatic rings. The van der Waals surface area contributed by atoms with Gasteiger partial charge in [-0.05, 0) is 67.3 Å². The van der Waals surface area contributed by atoms with E-state index in [2.05, 4.69) is 16.4 Å². The van der Waals surface area contributed by atoms with E-state index in [0.717, 1.165) is 22.3 Å². The lowest BCUT2D eigenvalue weighted by molar-refractivity contribution is -0.122. The molecule has 0 bridgehead atoms. The molecule has 0 unspecified atom stereocenters. The largest absolute Gasteiger partial charge is 0.493 e. The number of amides is 1. The first-order chi connectivity index (χ1) is 16.9. The predicted octanol–water partition coefficient (Wildman–Crippen LogP) is 3.27. The molecule has 1 atom stereocenters. The van der Waals surface area contributed by atoms with E-state index in [4.69, 9.17) is 4.74 Å². The van der Waals surface area contributed by atoms with Crippen molar-refractivity contribution in [2.45, 2.75) is 32.6 Å². The number of aryl methyl sites for hydroxylation is 2. The molecule has 0 saturated carbocycles. The van der Waals surface area contributed by atoms with Crippen LogP contribution in [0.4, 0.5) is 0 Å². The highest BCUT2D eigenvalue weighted by Gasteiger charge is 2.26. The van der Waals surface area contributed by atoms with Gasteiger partial charge in [0, 0.05) is 6.20 Å². The summed E-state index contributed by atoms with van der Waals surface area (Å²) in [5, 5.41) is 31.7. The van der Waals surface area contributed by atoms with E-state index in [1.807, 2.05) is 44.2 Å². The number of ether oxygens (including phenoxy) is 1. The summed E-state index contributed by atoms with van der Waals surface area (Å²) in [6.45, 7) is 4.06. The molecule has 8 heteroatoms. The first kappa shape index (κ1) is 25.7. The first-order valence-corrected chi connectivity index (χ1v) is 11.3. The van der Waals surface area contributed by atoms with Crippen LogP contribution in [-0.2, 0) is 11.2 Å². The summed E-state index contributed by atoms with van der Waals surface area (Å²) in [5.41, 5.74) is 4.88. The lowest BCUT2D eigenvalue weighted by Gasteiger charge is -2.19. The van der Waals surface area contributed by atoms with Crippen molar-refractivity contribution < 1.29 is 19.6 Å². The summed E-state index contributed by atoms with van der Waals surface area (Å²) in [6, 6.07) is 20.6. The van der Waals surface area contributed by atoms with E-state index < -0.39 is 13.1 Å². The minimum absolute atomic E-state index is 0.0492. The van der Waals surface area contributed by atoms with E-state index in [9.17, 15) is 20.1 Å². The van der Waals surface area contributed by atoms with Crippen LogP contribution in [0.15, 0.2) is 66.9 Å². The van der Waals surface area contributed by atoms with E-state index in [1.54, 1.807) is 42.6 Å². The highest BCUT2D eigenvalue weighted by Crippen LogP contribution is 2.20. The molecule has 0 aliphatic rings. The van der Waals surface area contributed by atoms with Crippen molar-refractivity contribution in [3.63, 3.8) is 0 Å². The summed E-state index contributed by atoms with van der Waals surface area (Å²) in [4.78, 5) is 16.6. The molecule has 0 spiro atoms. The van der Waals surface area contributed by atoms with E-state index in [-0.39, 0.29) is 18.9 Å². The van der Waals surface area contributed by atoms with E-state index in [1.165, 1.54) is 0 Å².